The largest absolute Gasteiger partial charge is 1.00 e. The third-order valence-corrected chi connectivity index (χ3v) is 0.0527. The topological polar surface area (TPSA) is 33.0 Å². The summed E-state index contributed by atoms with van der Waals surface area (Å²) in [5, 5.41) is 7.28. The average Bonchev–Trinajstić information content (AvgIpc) is 1.37. The van der Waals surface area contributed by atoms with Crippen molar-refractivity contribution in [2.24, 2.45) is 0 Å². The predicted molar refractivity (Wildman–Crippen MR) is 13.6 cm³/mol. The minimum Gasteiger partial charge on any atom is -1.00 e. The van der Waals surface area contributed by atoms with Crippen LogP contribution < -0.4 is 29.6 Å². The van der Waals surface area contributed by atoms with Crippen LogP contribution in [0.3, 0.4) is 0 Å². The second kappa shape index (κ2) is 8.84. The van der Waals surface area contributed by atoms with E-state index in [2.05, 4.69) is 12.7 Å². The Morgan fingerprint density at radius 2 is 2.20 bits per heavy atom. The molecule has 4 heteroatoms. The first kappa shape index (κ1) is 9.02. The van der Waals surface area contributed by atoms with Gasteiger partial charge in [0.1, 0.15) is 0 Å². The maximum absolute atomic E-state index is 7.28. The van der Waals surface area contributed by atoms with Gasteiger partial charge in [0.15, 0.2) is 0 Å². The summed E-state index contributed by atoms with van der Waals surface area (Å²) >= 11 is 0. The van der Waals surface area contributed by atoms with Crippen molar-refractivity contribution in [1.29, 1.82) is 5.26 Å². The quantitative estimate of drug-likeness (QED) is 0.224. The average molecular weight is 76.8 g/mol. The van der Waals surface area contributed by atoms with Gasteiger partial charge in [0.2, 0.25) is 0 Å². The zero-order chi connectivity index (χ0) is 3.41. The Kier molecular flexibility index (Phi) is 16.0. The van der Waals surface area contributed by atoms with Gasteiger partial charge in [-0.25, -0.2) is 0 Å². The van der Waals surface area contributed by atoms with E-state index in [1.807, 2.05) is 0 Å². The van der Waals surface area contributed by atoms with E-state index in [9.17, 15) is 0 Å². The van der Waals surface area contributed by atoms with Crippen molar-refractivity contribution in [3.8, 4) is 6.26 Å². The van der Waals surface area contributed by atoms with Crippen molar-refractivity contribution in [3.63, 3.8) is 0 Å². The van der Waals surface area contributed by atoms with Gasteiger partial charge in [-0.15, -0.1) is 0 Å². The molecule has 2 radical (unpaired) electrons. The van der Waals surface area contributed by atoms with Gasteiger partial charge < -0.3 is 6.08 Å². The molecular formula is CHBNNaO. The van der Waals surface area contributed by atoms with Crippen LogP contribution in [0, 0.1) is 11.5 Å². The van der Waals surface area contributed by atoms with Crippen molar-refractivity contribution >= 4 is 8.05 Å². The Morgan fingerprint density at radius 1 is 2.00 bits per heavy atom. The molecule has 0 N–H and O–H groups in total. The van der Waals surface area contributed by atoms with Crippen LogP contribution in [0.15, 0.2) is 0 Å². The summed E-state index contributed by atoms with van der Waals surface area (Å²) in [6.45, 7) is 0. The smallest absolute Gasteiger partial charge is 1.00 e. The molecule has 0 aromatic carbocycles. The molecule has 2 nitrogen and oxygen atoms in total. The maximum Gasteiger partial charge on any atom is 1.00 e. The molecule has 0 heterocycles. The van der Waals surface area contributed by atoms with Crippen LogP contribution in [0.5, 0.6) is 0 Å². The second-order valence-electron chi connectivity index (χ2n) is 0.209. The third-order valence-electron chi connectivity index (χ3n) is 0.0527. The molecule has 20 valence electrons. The Morgan fingerprint density at radius 3 is 2.20 bits per heavy atom. The zero-order valence-corrected chi connectivity index (χ0v) is 4.93. The van der Waals surface area contributed by atoms with Gasteiger partial charge in [0.25, 0.3) is 6.26 Å². The number of nitrogens with zero attached hydrogens (tertiary/aromatic N) is 1. The van der Waals surface area contributed by atoms with Gasteiger partial charge >= 0.3 is 37.6 Å². The van der Waals surface area contributed by atoms with Crippen LogP contribution in [0.2, 0.25) is 0 Å². The summed E-state index contributed by atoms with van der Waals surface area (Å²) in [6.07, 6.45) is 1.21. The summed E-state index contributed by atoms with van der Waals surface area (Å²) in [6, 6.07) is 0. The van der Waals surface area contributed by atoms with Crippen LogP contribution in [0.25, 0.3) is 0 Å². The Labute approximate surface area is 55.3 Å². The van der Waals surface area contributed by atoms with Crippen molar-refractivity contribution < 1.29 is 35.6 Å². The van der Waals surface area contributed by atoms with Gasteiger partial charge in [-0.1, -0.05) is 0 Å². The summed E-state index contributed by atoms with van der Waals surface area (Å²) in [4.78, 5) is 0. The number of rotatable bonds is 0. The molecule has 0 aliphatic carbocycles. The van der Waals surface area contributed by atoms with E-state index in [0.29, 0.717) is 0 Å². The molecule has 0 saturated heterocycles. The van der Waals surface area contributed by atoms with E-state index in [1.165, 1.54) is 6.26 Å². The SMILES string of the molecule is [B]OC#N.[H-].[Na+]. The molecule has 0 amide bonds. The normalized spacial score (nSPS) is 3.00. The minimum atomic E-state index is 0. The van der Waals surface area contributed by atoms with Gasteiger partial charge in [-0.3, -0.25) is 0 Å². The third kappa shape index (κ3) is 13.2. The Hall–Kier alpha value is 0.355. The molecule has 0 aromatic rings. The van der Waals surface area contributed by atoms with Gasteiger partial charge in [-0.2, -0.15) is 5.26 Å². The monoisotopic (exact) mass is 77.0 g/mol. The van der Waals surface area contributed by atoms with Gasteiger partial charge in [0.05, 0.1) is 0 Å². The summed E-state index contributed by atoms with van der Waals surface area (Å²) in [5.74, 6) is 0. The molecule has 0 aromatic heterocycles. The molecule has 0 aliphatic rings. The molecule has 0 bridgehead atoms. The zero-order valence-electron chi connectivity index (χ0n) is 3.93. The molecule has 5 heavy (non-hydrogen) atoms. The molecule has 0 spiro atoms. The summed E-state index contributed by atoms with van der Waals surface area (Å²) < 4.78 is 3.35. The van der Waals surface area contributed by atoms with E-state index in [4.69, 9.17) is 5.26 Å². The van der Waals surface area contributed by atoms with Gasteiger partial charge in [-0.05, 0) is 0 Å². The van der Waals surface area contributed by atoms with Crippen molar-refractivity contribution in [2.75, 3.05) is 0 Å². The van der Waals surface area contributed by atoms with Crippen molar-refractivity contribution in [3.05, 3.63) is 0 Å². The van der Waals surface area contributed by atoms with Crippen molar-refractivity contribution in [1.82, 2.24) is 0 Å². The van der Waals surface area contributed by atoms with Crippen LogP contribution in [0.1, 0.15) is 1.43 Å². The Balaban J connectivity index is -0.0000000450. The van der Waals surface area contributed by atoms with E-state index >= 15 is 0 Å². The molecule has 0 saturated carbocycles. The second-order valence-corrected chi connectivity index (χ2v) is 0.209. The van der Waals surface area contributed by atoms with E-state index in [-0.39, 0.29) is 31.0 Å². The first-order chi connectivity index (χ1) is 1.91. The fourth-order valence-electron chi connectivity index (χ4n) is 0. The number of hydrogen-bond donors (Lipinski definition) is 0. The van der Waals surface area contributed by atoms with Crippen LogP contribution in [-0.4, -0.2) is 8.05 Å². The molecule has 0 rings (SSSR count). The first-order valence-corrected chi connectivity index (χ1v) is 0.663. The van der Waals surface area contributed by atoms with Crippen molar-refractivity contribution in [2.45, 2.75) is 0 Å². The van der Waals surface area contributed by atoms with Gasteiger partial charge in [0, 0.05) is 0 Å². The fraction of sp³-hybridized carbons (Fsp3) is 0. The fourth-order valence-corrected chi connectivity index (χ4v) is 0. The molecule has 0 aliphatic heterocycles. The summed E-state index contributed by atoms with van der Waals surface area (Å²) in [7, 11) is 4.17. The molecule has 0 atom stereocenters. The molecule has 0 fully saturated rings. The Bertz CT molecular complexity index is 45.3. The minimum absolute atomic E-state index is 0. The van der Waals surface area contributed by atoms with Crippen LogP contribution in [-0.2, 0) is 4.65 Å². The van der Waals surface area contributed by atoms with E-state index in [1.54, 1.807) is 0 Å². The van der Waals surface area contributed by atoms with E-state index in [0.717, 1.165) is 0 Å². The number of hydrogen-bond acceptors (Lipinski definition) is 2. The maximum atomic E-state index is 7.28. The first-order valence-electron chi connectivity index (χ1n) is 0.663. The summed E-state index contributed by atoms with van der Waals surface area (Å²) in [5.41, 5.74) is 0. The van der Waals surface area contributed by atoms with Crippen LogP contribution in [0.4, 0.5) is 0 Å². The van der Waals surface area contributed by atoms with Crippen LogP contribution >= 0.6 is 0 Å². The standard InChI is InChI=1S/CBNO.Na.H/c2-4-1-3;;/q;+1;-1. The van der Waals surface area contributed by atoms with E-state index < -0.39 is 0 Å². The molecular weight excluding hydrogens is 75.8 g/mol. The predicted octanol–water partition coefficient (Wildman–Crippen LogP) is -3.32. The number of nitriles is 1. The molecule has 0 unspecified atom stereocenters.